The van der Waals surface area contributed by atoms with E-state index in [1.807, 2.05) is 0 Å². The predicted octanol–water partition coefficient (Wildman–Crippen LogP) is 3.02. The highest BCUT2D eigenvalue weighted by molar-refractivity contribution is 6.09. The molecule has 6 heteroatoms. The van der Waals surface area contributed by atoms with Crippen molar-refractivity contribution in [2.75, 3.05) is 21.3 Å². The van der Waals surface area contributed by atoms with E-state index in [4.69, 9.17) is 18.6 Å². The van der Waals surface area contributed by atoms with Gasteiger partial charge in [-0.05, 0) is 12.1 Å². The summed E-state index contributed by atoms with van der Waals surface area (Å²) in [6.07, 6.45) is 0. The topological polar surface area (TPSA) is 81.3 Å². The second-order valence-electron chi connectivity index (χ2n) is 4.46. The molecule has 3 aromatic rings. The second-order valence-corrected chi connectivity index (χ2v) is 4.46. The molecule has 6 nitrogen and oxygen atoms in total. The molecule has 0 bridgehead atoms. The van der Waals surface area contributed by atoms with Crippen molar-refractivity contribution < 1.29 is 28.8 Å². The third kappa shape index (κ3) is 1.79. The van der Waals surface area contributed by atoms with Crippen LogP contribution in [0.15, 0.2) is 22.6 Å². The van der Waals surface area contributed by atoms with Crippen LogP contribution in [-0.4, -0.2) is 31.5 Å². The Bertz CT molecular complexity index is 833. The lowest BCUT2D eigenvalue weighted by molar-refractivity contribution is 0.324. The van der Waals surface area contributed by atoms with Gasteiger partial charge < -0.3 is 28.8 Å². The van der Waals surface area contributed by atoms with Crippen molar-refractivity contribution in [3.05, 3.63) is 18.2 Å². The quantitative estimate of drug-likeness (QED) is 0.722. The predicted molar refractivity (Wildman–Crippen MR) is 76.7 cm³/mol. The summed E-state index contributed by atoms with van der Waals surface area (Å²) in [5, 5.41) is 20.6. The number of phenolic OH excluding ortho intramolecular Hbond substituents is 2. The summed E-state index contributed by atoms with van der Waals surface area (Å²) < 4.78 is 21.7. The Hall–Kier alpha value is -2.76. The summed E-state index contributed by atoms with van der Waals surface area (Å²) in [6, 6.07) is 4.52. The molecule has 0 aliphatic rings. The van der Waals surface area contributed by atoms with Crippen LogP contribution in [0.25, 0.3) is 21.9 Å². The maximum Gasteiger partial charge on any atom is 0.208 e. The van der Waals surface area contributed by atoms with Gasteiger partial charge >= 0.3 is 0 Å². The first-order chi connectivity index (χ1) is 10.1. The molecule has 0 aliphatic heterocycles. The van der Waals surface area contributed by atoms with Gasteiger partial charge in [-0.25, -0.2) is 0 Å². The lowest BCUT2D eigenvalue weighted by atomic mass is 10.1. The lowest BCUT2D eigenvalue weighted by Crippen LogP contribution is -1.94. The summed E-state index contributed by atoms with van der Waals surface area (Å²) >= 11 is 0. The van der Waals surface area contributed by atoms with E-state index in [-0.39, 0.29) is 11.5 Å². The van der Waals surface area contributed by atoms with Gasteiger partial charge in [-0.2, -0.15) is 0 Å². The normalized spacial score (nSPS) is 11.0. The van der Waals surface area contributed by atoms with Gasteiger partial charge in [0.2, 0.25) is 11.5 Å². The molecule has 3 rings (SSSR count). The number of rotatable bonds is 3. The largest absolute Gasteiger partial charge is 0.504 e. The van der Waals surface area contributed by atoms with Crippen LogP contribution in [0.3, 0.4) is 0 Å². The minimum absolute atomic E-state index is 0.223. The van der Waals surface area contributed by atoms with E-state index < -0.39 is 0 Å². The fourth-order valence-corrected chi connectivity index (χ4v) is 2.39. The van der Waals surface area contributed by atoms with E-state index >= 15 is 0 Å². The van der Waals surface area contributed by atoms with Crippen molar-refractivity contribution in [1.29, 1.82) is 0 Å². The van der Waals surface area contributed by atoms with Crippen molar-refractivity contribution in [2.24, 2.45) is 0 Å². The molecule has 0 unspecified atom stereocenters. The SMILES string of the molecule is COc1cc2c(oc3cc(O)c(O)cc32)c(OC)c1OC. The molecule has 1 heterocycles. The first kappa shape index (κ1) is 13.2. The molecule has 0 fully saturated rings. The van der Waals surface area contributed by atoms with Crippen molar-refractivity contribution in [2.45, 2.75) is 0 Å². The van der Waals surface area contributed by atoms with Crippen LogP contribution in [-0.2, 0) is 0 Å². The highest BCUT2D eigenvalue weighted by Gasteiger charge is 2.21. The molecule has 0 radical (unpaired) electrons. The third-order valence-corrected chi connectivity index (χ3v) is 3.36. The van der Waals surface area contributed by atoms with E-state index in [1.165, 1.54) is 33.5 Å². The lowest BCUT2D eigenvalue weighted by Gasteiger charge is -2.11. The van der Waals surface area contributed by atoms with E-state index in [0.717, 1.165) is 0 Å². The van der Waals surface area contributed by atoms with Gasteiger partial charge in [0, 0.05) is 16.8 Å². The molecule has 0 aliphatic carbocycles. The van der Waals surface area contributed by atoms with Crippen LogP contribution in [0.5, 0.6) is 28.7 Å². The minimum Gasteiger partial charge on any atom is -0.504 e. The van der Waals surface area contributed by atoms with Gasteiger partial charge in [-0.3, -0.25) is 0 Å². The van der Waals surface area contributed by atoms with Gasteiger partial charge in [0.15, 0.2) is 22.8 Å². The summed E-state index contributed by atoms with van der Waals surface area (Å²) in [5.41, 5.74) is 0.879. The Morgan fingerprint density at radius 1 is 0.810 bits per heavy atom. The Kier molecular flexibility index (Phi) is 2.94. The Balaban J connectivity index is 2.49. The average molecular weight is 290 g/mol. The van der Waals surface area contributed by atoms with Gasteiger partial charge in [0.1, 0.15) is 5.58 Å². The summed E-state index contributed by atoms with van der Waals surface area (Å²) in [5.74, 6) is 0.817. The number of hydrogen-bond donors (Lipinski definition) is 2. The smallest absolute Gasteiger partial charge is 0.208 e. The van der Waals surface area contributed by atoms with Crippen LogP contribution < -0.4 is 14.2 Å². The van der Waals surface area contributed by atoms with E-state index in [2.05, 4.69) is 0 Å². The maximum atomic E-state index is 9.67. The average Bonchev–Trinajstić information content (AvgIpc) is 2.82. The van der Waals surface area contributed by atoms with Crippen molar-refractivity contribution in [3.63, 3.8) is 0 Å². The Morgan fingerprint density at radius 2 is 1.48 bits per heavy atom. The zero-order chi connectivity index (χ0) is 15.1. The molecule has 110 valence electrons. The van der Waals surface area contributed by atoms with Crippen molar-refractivity contribution >= 4 is 21.9 Å². The van der Waals surface area contributed by atoms with Crippen LogP contribution >= 0.6 is 0 Å². The summed E-state index contributed by atoms with van der Waals surface area (Å²) in [6.45, 7) is 0. The molecule has 0 saturated heterocycles. The number of fused-ring (bicyclic) bond motifs is 3. The fourth-order valence-electron chi connectivity index (χ4n) is 2.39. The van der Waals surface area contributed by atoms with E-state index in [9.17, 15) is 10.2 Å². The number of phenols is 2. The zero-order valence-corrected chi connectivity index (χ0v) is 11.8. The number of aromatic hydroxyl groups is 2. The number of benzene rings is 2. The standard InChI is InChI=1S/C15H14O6/c1-18-12-5-8-7-4-9(16)10(17)6-11(7)21-13(8)15(20-3)14(12)19-2/h4-6,16-17H,1-3H3. The molecule has 0 spiro atoms. The van der Waals surface area contributed by atoms with Gasteiger partial charge in [0.05, 0.1) is 21.3 Å². The van der Waals surface area contributed by atoms with E-state index in [1.54, 1.807) is 6.07 Å². The van der Waals surface area contributed by atoms with Crippen molar-refractivity contribution in [1.82, 2.24) is 0 Å². The summed E-state index contributed by atoms with van der Waals surface area (Å²) in [4.78, 5) is 0. The first-order valence-electron chi connectivity index (χ1n) is 6.17. The minimum atomic E-state index is -0.251. The van der Waals surface area contributed by atoms with Gasteiger partial charge in [-0.1, -0.05) is 0 Å². The number of methoxy groups -OCH3 is 3. The van der Waals surface area contributed by atoms with Gasteiger partial charge in [0.25, 0.3) is 0 Å². The molecule has 1 aromatic heterocycles. The monoisotopic (exact) mass is 290 g/mol. The molecular formula is C15H14O6. The third-order valence-electron chi connectivity index (χ3n) is 3.36. The maximum absolute atomic E-state index is 9.67. The zero-order valence-electron chi connectivity index (χ0n) is 11.8. The van der Waals surface area contributed by atoms with Gasteiger partial charge in [-0.15, -0.1) is 0 Å². The Morgan fingerprint density at radius 3 is 2.10 bits per heavy atom. The highest BCUT2D eigenvalue weighted by Crippen LogP contribution is 2.47. The molecule has 2 aromatic carbocycles. The van der Waals surface area contributed by atoms with Crippen LogP contribution in [0, 0.1) is 0 Å². The molecule has 21 heavy (non-hydrogen) atoms. The molecule has 0 atom stereocenters. The van der Waals surface area contributed by atoms with Crippen LogP contribution in [0.1, 0.15) is 0 Å². The molecule has 0 amide bonds. The molecular weight excluding hydrogens is 276 g/mol. The second kappa shape index (κ2) is 4.66. The fraction of sp³-hybridized carbons (Fsp3) is 0.200. The van der Waals surface area contributed by atoms with Crippen LogP contribution in [0.4, 0.5) is 0 Å². The number of hydrogen-bond acceptors (Lipinski definition) is 6. The number of furan rings is 1. The Labute approximate surface area is 120 Å². The molecule has 0 saturated carbocycles. The number of ether oxygens (including phenoxy) is 3. The van der Waals surface area contributed by atoms with Crippen molar-refractivity contribution in [3.8, 4) is 28.7 Å². The van der Waals surface area contributed by atoms with E-state index in [0.29, 0.717) is 39.2 Å². The summed E-state index contributed by atoms with van der Waals surface area (Å²) in [7, 11) is 4.53. The molecule has 2 N–H and O–H groups in total. The first-order valence-corrected chi connectivity index (χ1v) is 6.17. The van der Waals surface area contributed by atoms with Crippen LogP contribution in [0.2, 0.25) is 0 Å². The highest BCUT2D eigenvalue weighted by atomic mass is 16.5.